The Labute approximate surface area is 190 Å². The van der Waals surface area contributed by atoms with Gasteiger partial charge in [0.05, 0.1) is 5.56 Å². The van der Waals surface area contributed by atoms with Gasteiger partial charge in [0.2, 0.25) is 0 Å². The molecule has 0 radical (unpaired) electrons. The summed E-state index contributed by atoms with van der Waals surface area (Å²) < 4.78 is 0. The third kappa shape index (κ3) is 11.5. The fourth-order valence-corrected chi connectivity index (χ4v) is 4.33. The van der Waals surface area contributed by atoms with Gasteiger partial charge in [0.25, 0.3) is 0 Å². The molecule has 178 valence electrons. The second-order valence-corrected chi connectivity index (χ2v) is 10.3. The van der Waals surface area contributed by atoms with E-state index in [1.54, 1.807) is 0 Å². The zero-order valence-corrected chi connectivity index (χ0v) is 20.5. The molecule has 0 fully saturated rings. The Balaban J connectivity index is 2.23. The minimum atomic E-state index is -1.09. The average molecular weight is 435 g/mol. The minimum Gasteiger partial charge on any atom is -0.504 e. The van der Waals surface area contributed by atoms with Crippen molar-refractivity contribution in [3.63, 3.8) is 0 Å². The number of carbonyl (C=O) groups is 1. The molecule has 0 aromatic heterocycles. The zero-order valence-electron chi connectivity index (χ0n) is 20.5. The number of phenols is 2. The first kappa shape index (κ1) is 27.3. The third-order valence-electron chi connectivity index (χ3n) is 6.59. The Morgan fingerprint density at radius 2 is 1.19 bits per heavy atom. The quantitative estimate of drug-likeness (QED) is 0.232. The van der Waals surface area contributed by atoms with E-state index in [1.807, 2.05) is 0 Å². The lowest BCUT2D eigenvalue weighted by molar-refractivity contribution is 0.0696. The van der Waals surface area contributed by atoms with Crippen molar-refractivity contribution in [3.8, 4) is 11.5 Å². The highest BCUT2D eigenvalue weighted by molar-refractivity contribution is 5.88. The second-order valence-electron chi connectivity index (χ2n) is 10.3. The van der Waals surface area contributed by atoms with Crippen LogP contribution in [0.1, 0.15) is 115 Å². The Bertz CT molecular complexity index is 653. The van der Waals surface area contributed by atoms with E-state index in [9.17, 15) is 15.0 Å². The summed E-state index contributed by atoms with van der Waals surface area (Å²) in [5, 5.41) is 28.9. The van der Waals surface area contributed by atoms with Crippen LogP contribution in [-0.4, -0.2) is 21.3 Å². The van der Waals surface area contributed by atoms with Gasteiger partial charge in [-0.15, -0.1) is 0 Å². The van der Waals surface area contributed by atoms with Gasteiger partial charge in [-0.3, -0.25) is 0 Å². The molecule has 0 saturated carbocycles. The van der Waals surface area contributed by atoms with Crippen molar-refractivity contribution < 1.29 is 20.1 Å². The number of aromatic carboxylic acids is 1. The Hall–Kier alpha value is -1.71. The van der Waals surface area contributed by atoms with Gasteiger partial charge in [0.1, 0.15) is 0 Å². The first-order valence-corrected chi connectivity index (χ1v) is 12.4. The molecule has 0 bridgehead atoms. The highest BCUT2D eigenvalue weighted by Gasteiger charge is 2.14. The molecule has 3 atom stereocenters. The van der Waals surface area contributed by atoms with Crippen molar-refractivity contribution in [3.05, 3.63) is 23.3 Å². The molecule has 4 nitrogen and oxygen atoms in total. The number of carboxylic acids is 1. The van der Waals surface area contributed by atoms with Crippen LogP contribution in [0.4, 0.5) is 0 Å². The van der Waals surface area contributed by atoms with Crippen LogP contribution in [0.2, 0.25) is 0 Å². The number of hydrogen-bond donors (Lipinski definition) is 3. The smallest absolute Gasteiger partial charge is 0.335 e. The van der Waals surface area contributed by atoms with Gasteiger partial charge in [-0.2, -0.15) is 0 Å². The number of rotatable bonds is 16. The Kier molecular flexibility index (Phi) is 12.7. The Morgan fingerprint density at radius 1 is 0.742 bits per heavy atom. The van der Waals surface area contributed by atoms with E-state index >= 15 is 0 Å². The number of aryl methyl sites for hydroxylation is 1. The SMILES string of the molecule is CC(C)CCCC(C)CCCC(C)CCCC(C)CCc1cc(C(=O)O)cc(O)c1O. The van der Waals surface area contributed by atoms with Crippen LogP contribution in [0, 0.1) is 23.7 Å². The maximum atomic E-state index is 11.2. The van der Waals surface area contributed by atoms with Crippen molar-refractivity contribution in [2.24, 2.45) is 23.7 Å². The average Bonchev–Trinajstić information content (AvgIpc) is 2.68. The zero-order chi connectivity index (χ0) is 23.4. The van der Waals surface area contributed by atoms with Crippen molar-refractivity contribution in [2.75, 3.05) is 0 Å². The molecule has 1 aromatic carbocycles. The van der Waals surface area contributed by atoms with Gasteiger partial charge in [-0.1, -0.05) is 92.4 Å². The molecule has 0 aliphatic heterocycles. The number of hydrogen-bond acceptors (Lipinski definition) is 3. The van der Waals surface area contributed by atoms with Crippen molar-refractivity contribution >= 4 is 5.97 Å². The van der Waals surface area contributed by atoms with Crippen molar-refractivity contribution in [1.82, 2.24) is 0 Å². The maximum Gasteiger partial charge on any atom is 0.335 e. The number of benzene rings is 1. The van der Waals surface area contributed by atoms with Crippen LogP contribution in [-0.2, 0) is 6.42 Å². The largest absolute Gasteiger partial charge is 0.504 e. The predicted octanol–water partition coefficient (Wildman–Crippen LogP) is 7.80. The predicted molar refractivity (Wildman–Crippen MR) is 129 cm³/mol. The molecule has 4 heteroatoms. The molecule has 0 amide bonds. The second kappa shape index (κ2) is 14.4. The number of carboxylic acid groups (broad SMARTS) is 1. The molecule has 1 aromatic rings. The number of phenolic OH excluding ortho intramolecular Hbond substituents is 2. The van der Waals surface area contributed by atoms with Gasteiger partial charge < -0.3 is 15.3 Å². The van der Waals surface area contributed by atoms with Crippen LogP contribution in [0.5, 0.6) is 11.5 Å². The molecule has 3 N–H and O–H groups in total. The molecule has 0 saturated heterocycles. The molecule has 1 rings (SSSR count). The normalized spacial score (nSPS) is 14.5. The molecule has 3 unspecified atom stereocenters. The highest BCUT2D eigenvalue weighted by Crippen LogP contribution is 2.32. The van der Waals surface area contributed by atoms with Gasteiger partial charge >= 0.3 is 5.97 Å². The summed E-state index contributed by atoms with van der Waals surface area (Å²) in [6, 6.07) is 2.56. The molecule has 0 aliphatic rings. The lowest BCUT2D eigenvalue weighted by Crippen LogP contribution is -2.03. The van der Waals surface area contributed by atoms with Crippen LogP contribution >= 0.6 is 0 Å². The third-order valence-corrected chi connectivity index (χ3v) is 6.59. The summed E-state index contributed by atoms with van der Waals surface area (Å²) in [5.41, 5.74) is 0.529. The summed E-state index contributed by atoms with van der Waals surface area (Å²) in [5.74, 6) is 1.30. The van der Waals surface area contributed by atoms with Crippen LogP contribution in [0.3, 0.4) is 0 Å². The summed E-state index contributed by atoms with van der Waals surface area (Å²) in [6.45, 7) is 11.6. The van der Waals surface area contributed by atoms with Gasteiger partial charge in [0, 0.05) is 0 Å². The molecule has 0 heterocycles. The fraction of sp³-hybridized carbons (Fsp3) is 0.741. The van der Waals surface area contributed by atoms with Crippen LogP contribution in [0.25, 0.3) is 0 Å². The summed E-state index contributed by atoms with van der Waals surface area (Å²) in [4.78, 5) is 11.2. The Morgan fingerprint density at radius 3 is 1.65 bits per heavy atom. The van der Waals surface area contributed by atoms with E-state index in [4.69, 9.17) is 5.11 Å². The van der Waals surface area contributed by atoms with E-state index in [0.717, 1.165) is 36.7 Å². The molecule has 31 heavy (non-hydrogen) atoms. The number of aromatic hydroxyl groups is 2. The van der Waals surface area contributed by atoms with Gasteiger partial charge in [-0.05, 0) is 54.2 Å². The molecule has 0 aliphatic carbocycles. The van der Waals surface area contributed by atoms with E-state index in [2.05, 4.69) is 34.6 Å². The van der Waals surface area contributed by atoms with Gasteiger partial charge in [0.15, 0.2) is 11.5 Å². The summed E-state index contributed by atoms with van der Waals surface area (Å²) in [7, 11) is 0. The molecule has 0 spiro atoms. The topological polar surface area (TPSA) is 77.8 Å². The highest BCUT2D eigenvalue weighted by atomic mass is 16.4. The van der Waals surface area contributed by atoms with Gasteiger partial charge in [-0.25, -0.2) is 4.79 Å². The van der Waals surface area contributed by atoms with Crippen molar-refractivity contribution in [1.29, 1.82) is 0 Å². The van der Waals surface area contributed by atoms with Crippen molar-refractivity contribution in [2.45, 2.75) is 105 Å². The monoisotopic (exact) mass is 434 g/mol. The maximum absolute atomic E-state index is 11.2. The van der Waals surface area contributed by atoms with E-state index in [-0.39, 0.29) is 17.1 Å². The minimum absolute atomic E-state index is 0.0148. The summed E-state index contributed by atoms with van der Waals surface area (Å²) >= 11 is 0. The first-order valence-electron chi connectivity index (χ1n) is 12.4. The molecular formula is C27H46O4. The fourth-order valence-electron chi connectivity index (χ4n) is 4.33. The van der Waals surface area contributed by atoms with E-state index < -0.39 is 5.97 Å². The van der Waals surface area contributed by atoms with E-state index in [0.29, 0.717) is 17.9 Å². The lowest BCUT2D eigenvalue weighted by atomic mass is 9.90. The molecular weight excluding hydrogens is 388 g/mol. The van der Waals surface area contributed by atoms with Crippen LogP contribution < -0.4 is 0 Å². The summed E-state index contributed by atoms with van der Waals surface area (Å²) in [6.07, 6.45) is 13.1. The van der Waals surface area contributed by atoms with Crippen LogP contribution in [0.15, 0.2) is 12.1 Å². The standard InChI is InChI=1S/C27H46O4/c1-19(2)9-6-10-20(3)11-7-12-21(4)13-8-14-22(5)15-16-23-17-24(27(30)31)18-25(28)26(23)29/h17-22,28-29H,6-16H2,1-5H3,(H,30,31). The first-order chi connectivity index (χ1) is 14.6. The van der Waals surface area contributed by atoms with E-state index in [1.165, 1.54) is 57.4 Å². The lowest BCUT2D eigenvalue weighted by Gasteiger charge is -2.16.